The minimum absolute atomic E-state index is 0. The van der Waals surface area contributed by atoms with Gasteiger partial charge in [0.1, 0.15) is 12.3 Å². The Morgan fingerprint density at radius 2 is 1.62 bits per heavy atom. The second-order valence-electron chi connectivity index (χ2n) is 12.1. The van der Waals surface area contributed by atoms with Gasteiger partial charge in [0, 0.05) is 24.4 Å². The van der Waals surface area contributed by atoms with Gasteiger partial charge in [-0.3, -0.25) is 15.0 Å². The van der Waals surface area contributed by atoms with Crippen LogP contribution in [-0.4, -0.2) is 63.9 Å². The third-order valence-electron chi connectivity index (χ3n) is 8.56. The van der Waals surface area contributed by atoms with Crippen molar-refractivity contribution in [2.75, 3.05) is 13.1 Å². The zero-order valence-corrected chi connectivity index (χ0v) is 28.6. The molecule has 0 saturated carbocycles. The van der Waals surface area contributed by atoms with Crippen molar-refractivity contribution >= 4 is 42.4 Å². The van der Waals surface area contributed by atoms with E-state index in [0.29, 0.717) is 13.0 Å². The molecule has 0 radical (unpaired) electrons. The van der Waals surface area contributed by atoms with Crippen molar-refractivity contribution in [1.29, 1.82) is 0 Å². The van der Waals surface area contributed by atoms with E-state index < -0.39 is 46.8 Å². The van der Waals surface area contributed by atoms with Crippen molar-refractivity contribution in [3.63, 3.8) is 0 Å². The van der Waals surface area contributed by atoms with E-state index in [4.69, 9.17) is 15.2 Å². The van der Waals surface area contributed by atoms with Crippen LogP contribution in [0.25, 0.3) is 0 Å². The lowest BCUT2D eigenvalue weighted by Crippen LogP contribution is -2.67. The first-order chi connectivity index (χ1) is 22.0. The Labute approximate surface area is 292 Å². The summed E-state index contributed by atoms with van der Waals surface area (Å²) < 4.78 is 11.6. The van der Waals surface area contributed by atoms with E-state index in [0.717, 1.165) is 24.1 Å². The van der Waals surface area contributed by atoms with Crippen LogP contribution in [0.15, 0.2) is 96.2 Å². The molecule has 13 heteroatoms. The van der Waals surface area contributed by atoms with Crippen LogP contribution >= 0.6 is 24.8 Å². The van der Waals surface area contributed by atoms with Crippen molar-refractivity contribution in [1.82, 2.24) is 10.2 Å². The molecule has 2 aliphatic rings. The number of non-ortho nitro benzene ring substituents is 1. The van der Waals surface area contributed by atoms with Crippen molar-refractivity contribution < 1.29 is 29.1 Å². The van der Waals surface area contributed by atoms with Crippen LogP contribution in [0.5, 0.6) is 0 Å². The first-order valence-corrected chi connectivity index (χ1v) is 15.5. The molecule has 1 saturated heterocycles. The number of nitrogens with one attached hydrogen (secondary N) is 1. The average molecular weight is 702 g/mol. The molecule has 48 heavy (non-hydrogen) atoms. The standard InChI is InChI=1S/C35H40N4O7.2ClH/c1-22(2)45-32(40)29-23(3)37-33(36)35(42,30(29)26-16-10-17-27(20-26)39(43)44)34(41)46-28-18-11-19-38(21-28)31(24-12-6-4-7-13-24)25-14-8-5-9-15-25;;/h4-10,12-17,20,22,28,30-31,33,37,42H,11,18-19,21,36H2,1-3H3;2*1H. The number of nitro groups is 1. The van der Waals surface area contributed by atoms with Gasteiger partial charge in [-0.1, -0.05) is 72.8 Å². The molecule has 0 aromatic heterocycles. The first-order valence-electron chi connectivity index (χ1n) is 15.5. The minimum Gasteiger partial charge on any atom is -0.460 e. The van der Waals surface area contributed by atoms with Gasteiger partial charge in [-0.25, -0.2) is 9.59 Å². The van der Waals surface area contributed by atoms with Crippen molar-refractivity contribution in [2.24, 2.45) is 5.73 Å². The number of nitrogens with two attached hydrogens (primary N) is 1. The Hall–Kier alpha value is -4.00. The summed E-state index contributed by atoms with van der Waals surface area (Å²) in [6.07, 6.45) is -1.23. The molecule has 4 N–H and O–H groups in total. The van der Waals surface area contributed by atoms with Crippen LogP contribution in [-0.2, 0) is 19.1 Å². The maximum Gasteiger partial charge on any atom is 0.343 e. The number of aliphatic hydroxyl groups is 1. The van der Waals surface area contributed by atoms with Crippen LogP contribution in [0.2, 0.25) is 0 Å². The number of nitrogens with zero attached hydrogens (tertiary/aromatic N) is 2. The molecular formula is C35H42Cl2N4O7. The van der Waals surface area contributed by atoms with E-state index in [9.17, 15) is 24.8 Å². The normalized spacial score (nSPS) is 22.6. The van der Waals surface area contributed by atoms with Crippen molar-refractivity contribution in [2.45, 2.75) is 69.5 Å². The molecule has 258 valence electrons. The molecule has 0 bridgehead atoms. The molecule has 4 unspecified atom stereocenters. The lowest BCUT2D eigenvalue weighted by atomic mass is 9.72. The van der Waals surface area contributed by atoms with Crippen molar-refractivity contribution in [3.8, 4) is 0 Å². The largest absolute Gasteiger partial charge is 0.460 e. The SMILES string of the molecule is CC1=C(C(=O)OC(C)C)C(c2cccc([N+](=O)[O-])c2)C(O)(C(=O)OC2CCCN(C(c3ccccc3)c3ccccc3)C2)C(N)N1.Cl.Cl. The lowest BCUT2D eigenvalue weighted by molar-refractivity contribution is -0.384. The van der Waals surface area contributed by atoms with E-state index in [2.05, 4.69) is 34.5 Å². The zero-order chi connectivity index (χ0) is 33.0. The van der Waals surface area contributed by atoms with E-state index in [1.165, 1.54) is 24.3 Å². The molecule has 3 aromatic carbocycles. The summed E-state index contributed by atoms with van der Waals surface area (Å²) in [6, 6.07) is 25.5. The number of hydrogen-bond acceptors (Lipinski definition) is 10. The molecule has 5 rings (SSSR count). The highest BCUT2D eigenvalue weighted by atomic mass is 35.5. The van der Waals surface area contributed by atoms with E-state index in [-0.39, 0.29) is 53.4 Å². The second-order valence-corrected chi connectivity index (χ2v) is 12.1. The summed E-state index contributed by atoms with van der Waals surface area (Å²) in [5.74, 6) is -3.23. The second kappa shape index (κ2) is 16.4. The number of piperidine rings is 1. The predicted molar refractivity (Wildman–Crippen MR) is 186 cm³/mol. The number of carbonyl (C=O) groups excluding carboxylic acids is 2. The van der Waals surface area contributed by atoms with Crippen LogP contribution < -0.4 is 11.1 Å². The number of benzene rings is 3. The van der Waals surface area contributed by atoms with Crippen LogP contribution in [0.4, 0.5) is 5.69 Å². The molecule has 0 amide bonds. The number of hydrogen-bond donors (Lipinski definition) is 3. The highest BCUT2D eigenvalue weighted by molar-refractivity contribution is 5.95. The summed E-state index contributed by atoms with van der Waals surface area (Å²) in [5.41, 5.74) is 6.21. The third-order valence-corrected chi connectivity index (χ3v) is 8.56. The molecule has 2 aliphatic heterocycles. The third kappa shape index (κ3) is 7.99. The summed E-state index contributed by atoms with van der Waals surface area (Å²) in [5, 5.41) is 26.8. The highest BCUT2D eigenvalue weighted by Gasteiger charge is 2.58. The molecule has 3 aromatic rings. The van der Waals surface area contributed by atoms with Gasteiger partial charge in [-0.2, -0.15) is 0 Å². The van der Waals surface area contributed by atoms with Gasteiger partial charge in [0.05, 0.1) is 28.6 Å². The number of esters is 2. The van der Waals surface area contributed by atoms with Gasteiger partial charge < -0.3 is 25.6 Å². The molecule has 2 heterocycles. The predicted octanol–water partition coefficient (Wildman–Crippen LogP) is 5.16. The number of rotatable bonds is 9. The maximum absolute atomic E-state index is 14.2. The Bertz CT molecular complexity index is 1570. The molecule has 1 fully saturated rings. The van der Waals surface area contributed by atoms with Crippen LogP contribution in [0.1, 0.15) is 62.3 Å². The fourth-order valence-electron chi connectivity index (χ4n) is 6.50. The average Bonchev–Trinajstić information content (AvgIpc) is 3.03. The Balaban J connectivity index is 0.00000312. The number of carbonyl (C=O) groups is 2. The lowest BCUT2D eigenvalue weighted by Gasteiger charge is -2.45. The van der Waals surface area contributed by atoms with Gasteiger partial charge in [0.25, 0.3) is 5.69 Å². The van der Waals surface area contributed by atoms with Gasteiger partial charge in [0.2, 0.25) is 5.60 Å². The van der Waals surface area contributed by atoms with E-state index >= 15 is 0 Å². The Morgan fingerprint density at radius 3 is 2.19 bits per heavy atom. The zero-order valence-electron chi connectivity index (χ0n) is 27.0. The molecule has 0 aliphatic carbocycles. The number of halogens is 2. The van der Waals surface area contributed by atoms with Gasteiger partial charge in [-0.05, 0) is 56.8 Å². The monoisotopic (exact) mass is 700 g/mol. The fourth-order valence-corrected chi connectivity index (χ4v) is 6.50. The maximum atomic E-state index is 14.2. The number of ether oxygens (including phenoxy) is 2. The van der Waals surface area contributed by atoms with E-state index in [1.54, 1.807) is 20.8 Å². The molecular weight excluding hydrogens is 659 g/mol. The smallest absolute Gasteiger partial charge is 0.343 e. The topological polar surface area (TPSA) is 157 Å². The number of allylic oxidation sites excluding steroid dienone is 1. The Morgan fingerprint density at radius 1 is 1.02 bits per heavy atom. The van der Waals surface area contributed by atoms with Gasteiger partial charge in [0.15, 0.2) is 0 Å². The minimum atomic E-state index is -2.51. The number of nitro benzene ring substituents is 1. The first kappa shape index (κ1) is 38.4. The summed E-state index contributed by atoms with van der Waals surface area (Å²) in [7, 11) is 0. The summed E-state index contributed by atoms with van der Waals surface area (Å²) >= 11 is 0. The quantitative estimate of drug-likeness (QED) is 0.155. The molecule has 0 spiro atoms. The summed E-state index contributed by atoms with van der Waals surface area (Å²) in [4.78, 5) is 41.0. The number of likely N-dealkylation sites (tertiary alicyclic amines) is 1. The summed E-state index contributed by atoms with van der Waals surface area (Å²) in [6.45, 7) is 6.07. The Kier molecular flexibility index (Phi) is 13.1. The van der Waals surface area contributed by atoms with Crippen LogP contribution in [0, 0.1) is 10.1 Å². The van der Waals surface area contributed by atoms with Crippen molar-refractivity contribution in [3.05, 3.63) is 123 Å². The van der Waals surface area contributed by atoms with Crippen LogP contribution in [0.3, 0.4) is 0 Å². The van der Waals surface area contributed by atoms with Gasteiger partial charge in [-0.15, -0.1) is 24.8 Å². The van der Waals surface area contributed by atoms with E-state index in [1.807, 2.05) is 36.4 Å². The molecule has 11 nitrogen and oxygen atoms in total. The van der Waals surface area contributed by atoms with Gasteiger partial charge >= 0.3 is 11.9 Å². The highest BCUT2D eigenvalue weighted by Crippen LogP contribution is 2.43. The molecule has 4 atom stereocenters. The fraction of sp³-hybridized carbons (Fsp3) is 0.371.